The van der Waals surface area contributed by atoms with Crippen molar-refractivity contribution in [3.05, 3.63) is 83.5 Å². The fraction of sp³-hybridized carbons (Fsp3) is 0.276. The summed E-state index contributed by atoms with van der Waals surface area (Å²) in [5.74, 6) is 0. The summed E-state index contributed by atoms with van der Waals surface area (Å²) in [7, 11) is 0. The number of aromatic nitrogens is 1. The van der Waals surface area contributed by atoms with Crippen LogP contribution in [-0.4, -0.2) is 42.3 Å². The third-order valence-corrected chi connectivity index (χ3v) is 7.82. The second-order valence-electron chi connectivity index (χ2n) is 8.65. The van der Waals surface area contributed by atoms with Crippen LogP contribution in [-0.2, 0) is 4.74 Å². The van der Waals surface area contributed by atoms with Crippen LogP contribution in [0.1, 0.15) is 19.9 Å². The first-order valence-corrected chi connectivity index (χ1v) is 12.8. The molecular weight excluding hydrogens is 440 g/mol. The molecule has 0 saturated carbocycles. The van der Waals surface area contributed by atoms with Gasteiger partial charge in [-0.2, -0.15) is 0 Å². The summed E-state index contributed by atoms with van der Waals surface area (Å²) in [6.07, 6.45) is 1.80. The van der Waals surface area contributed by atoms with Crippen molar-refractivity contribution in [2.45, 2.75) is 19.9 Å². The number of fused-ring (bicyclic) bond motifs is 5. The van der Waals surface area contributed by atoms with Gasteiger partial charge in [-0.3, -0.25) is 4.79 Å². The van der Waals surface area contributed by atoms with Crippen LogP contribution in [0.15, 0.2) is 78.1 Å². The van der Waals surface area contributed by atoms with E-state index in [1.165, 1.54) is 10.9 Å². The molecule has 0 radical (unpaired) electrons. The van der Waals surface area contributed by atoms with Crippen LogP contribution in [0.2, 0.25) is 0 Å². The predicted octanol–water partition coefficient (Wildman–Crippen LogP) is 6.61. The van der Waals surface area contributed by atoms with E-state index in [-0.39, 0.29) is 11.5 Å². The number of hydrogen-bond donors (Lipinski definition) is 0. The lowest BCUT2D eigenvalue weighted by Gasteiger charge is -2.28. The molecular formula is C29H30N2O2S. The van der Waals surface area contributed by atoms with Gasteiger partial charge < -0.3 is 14.2 Å². The molecule has 1 atom stereocenters. The molecule has 174 valence electrons. The Balaban J connectivity index is 1.80. The Labute approximate surface area is 203 Å². The van der Waals surface area contributed by atoms with E-state index in [2.05, 4.69) is 66.3 Å². The lowest BCUT2D eigenvalue weighted by atomic mass is 10.1. The third-order valence-electron chi connectivity index (χ3n) is 6.68. The Kier molecular flexibility index (Phi) is 6.50. The maximum absolute atomic E-state index is 13.4. The predicted molar refractivity (Wildman–Crippen MR) is 146 cm³/mol. The summed E-state index contributed by atoms with van der Waals surface area (Å²) < 4.78 is 10.5. The van der Waals surface area contributed by atoms with Crippen LogP contribution in [0.4, 0.5) is 0 Å². The van der Waals surface area contributed by atoms with Crippen LogP contribution >= 0.6 is 11.3 Å². The first-order valence-electron chi connectivity index (χ1n) is 12.0. The van der Waals surface area contributed by atoms with E-state index < -0.39 is 0 Å². The fourth-order valence-electron chi connectivity index (χ4n) is 4.96. The van der Waals surface area contributed by atoms with Crippen LogP contribution in [0.3, 0.4) is 0 Å². The molecule has 5 aromatic rings. The van der Waals surface area contributed by atoms with E-state index in [0.717, 1.165) is 50.7 Å². The van der Waals surface area contributed by atoms with Crippen LogP contribution < -0.4 is 5.43 Å². The average molecular weight is 471 g/mol. The summed E-state index contributed by atoms with van der Waals surface area (Å²) in [6.45, 7) is 12.2. The van der Waals surface area contributed by atoms with Crippen molar-refractivity contribution < 1.29 is 4.74 Å². The van der Waals surface area contributed by atoms with Gasteiger partial charge in [-0.15, -0.1) is 17.9 Å². The lowest BCUT2D eigenvalue weighted by Crippen LogP contribution is -2.33. The Hall–Kier alpha value is -2.99. The van der Waals surface area contributed by atoms with Crippen molar-refractivity contribution in [2.75, 3.05) is 32.8 Å². The number of hydrogen-bond acceptors (Lipinski definition) is 4. The van der Waals surface area contributed by atoms with Gasteiger partial charge in [0.1, 0.15) is 0 Å². The highest BCUT2D eigenvalue weighted by Gasteiger charge is 2.22. The molecule has 0 aliphatic heterocycles. The molecule has 5 heteroatoms. The van der Waals surface area contributed by atoms with Gasteiger partial charge in [-0.25, -0.2) is 0 Å². The van der Waals surface area contributed by atoms with Gasteiger partial charge in [0, 0.05) is 43.0 Å². The van der Waals surface area contributed by atoms with E-state index in [9.17, 15) is 4.79 Å². The van der Waals surface area contributed by atoms with Gasteiger partial charge in [0.05, 0.1) is 24.8 Å². The highest BCUT2D eigenvalue weighted by atomic mass is 32.1. The maximum atomic E-state index is 13.4. The van der Waals surface area contributed by atoms with Gasteiger partial charge in [0.25, 0.3) is 0 Å². The molecule has 34 heavy (non-hydrogen) atoms. The Bertz CT molecular complexity index is 1540. The third kappa shape index (κ3) is 3.94. The summed E-state index contributed by atoms with van der Waals surface area (Å²) in [5.41, 5.74) is 2.44. The van der Waals surface area contributed by atoms with E-state index >= 15 is 0 Å². The molecule has 0 aliphatic carbocycles. The number of nitrogens with zero attached hydrogens (tertiary/aromatic N) is 2. The van der Waals surface area contributed by atoms with Crippen LogP contribution in [0.25, 0.3) is 42.0 Å². The van der Waals surface area contributed by atoms with E-state index in [1.807, 2.05) is 24.3 Å². The fourth-order valence-corrected chi connectivity index (χ4v) is 6.05. The van der Waals surface area contributed by atoms with Gasteiger partial charge in [-0.05, 0) is 43.4 Å². The van der Waals surface area contributed by atoms with Crippen molar-refractivity contribution in [2.24, 2.45) is 0 Å². The summed E-state index contributed by atoms with van der Waals surface area (Å²) >= 11 is 1.69. The molecule has 1 unspecified atom stereocenters. The van der Waals surface area contributed by atoms with Crippen molar-refractivity contribution >= 4 is 53.3 Å². The summed E-state index contributed by atoms with van der Waals surface area (Å²) in [6, 6.07) is 20.9. The lowest BCUT2D eigenvalue weighted by molar-refractivity contribution is 0.109. The van der Waals surface area contributed by atoms with Crippen molar-refractivity contribution in [1.29, 1.82) is 0 Å². The number of benzene rings is 3. The molecule has 0 spiro atoms. The van der Waals surface area contributed by atoms with Crippen molar-refractivity contribution in [3.8, 4) is 0 Å². The molecule has 2 heterocycles. The van der Waals surface area contributed by atoms with Crippen LogP contribution in [0.5, 0.6) is 0 Å². The van der Waals surface area contributed by atoms with Gasteiger partial charge in [0.2, 0.25) is 0 Å². The van der Waals surface area contributed by atoms with Crippen LogP contribution in [0, 0.1) is 0 Å². The largest absolute Gasteiger partial charge is 0.375 e. The molecule has 0 bridgehead atoms. The zero-order chi connectivity index (χ0) is 23.7. The molecule has 0 saturated heterocycles. The molecule has 4 nitrogen and oxygen atoms in total. The zero-order valence-corrected chi connectivity index (χ0v) is 20.6. The topological polar surface area (TPSA) is 34.5 Å². The van der Waals surface area contributed by atoms with E-state index in [1.54, 1.807) is 17.4 Å². The maximum Gasteiger partial charge on any atom is 0.195 e. The molecule has 0 amide bonds. The summed E-state index contributed by atoms with van der Waals surface area (Å²) in [5, 5.41) is 3.88. The number of para-hydroxylation sites is 1. The van der Waals surface area contributed by atoms with E-state index in [0.29, 0.717) is 13.2 Å². The van der Waals surface area contributed by atoms with E-state index in [4.69, 9.17) is 4.74 Å². The first-order chi connectivity index (χ1) is 16.7. The monoisotopic (exact) mass is 470 g/mol. The number of rotatable bonds is 9. The Morgan fingerprint density at radius 3 is 2.44 bits per heavy atom. The minimum absolute atomic E-state index is 0.108. The smallest absolute Gasteiger partial charge is 0.195 e. The minimum atomic E-state index is 0.108. The average Bonchev–Trinajstić information content (AvgIpc) is 3.19. The second kappa shape index (κ2) is 9.71. The molecule has 0 fully saturated rings. The molecule has 5 rings (SSSR count). The highest BCUT2D eigenvalue weighted by molar-refractivity contribution is 7.24. The minimum Gasteiger partial charge on any atom is -0.375 e. The second-order valence-corrected chi connectivity index (χ2v) is 9.73. The molecule has 3 aromatic carbocycles. The highest BCUT2D eigenvalue weighted by Crippen LogP contribution is 2.36. The van der Waals surface area contributed by atoms with Gasteiger partial charge >= 0.3 is 0 Å². The van der Waals surface area contributed by atoms with Crippen molar-refractivity contribution in [3.63, 3.8) is 0 Å². The standard InChI is InChI=1S/C29H30N2O2S/c1-4-15-33-19-20(18-30(5-2)6-3)31-25-13-9-7-11-21(25)23-16-24-28(17-26(23)31)34-27-14-10-8-12-22(27)29(24)32/h4,7-14,16-17,20H,1,5-6,15,18-19H2,2-3H3. The Morgan fingerprint density at radius 1 is 0.941 bits per heavy atom. The Morgan fingerprint density at radius 2 is 1.68 bits per heavy atom. The quantitative estimate of drug-likeness (QED) is 0.138. The molecule has 2 aromatic heterocycles. The number of likely N-dealkylation sites (N-methyl/N-ethyl adjacent to an activating group) is 1. The molecule has 0 N–H and O–H groups in total. The number of ether oxygens (including phenoxy) is 1. The summed E-state index contributed by atoms with van der Waals surface area (Å²) in [4.78, 5) is 15.8. The molecule has 0 aliphatic rings. The first kappa shape index (κ1) is 22.8. The zero-order valence-electron chi connectivity index (χ0n) is 19.8. The van der Waals surface area contributed by atoms with Crippen molar-refractivity contribution in [1.82, 2.24) is 9.47 Å². The normalized spacial score (nSPS) is 12.9. The van der Waals surface area contributed by atoms with Gasteiger partial charge in [0.15, 0.2) is 5.43 Å². The SMILES string of the molecule is C=CCOCC(CN(CC)CC)n1c2ccccc2c2cc3c(=O)c4ccccc4sc3cc21. The van der Waals surface area contributed by atoms with Gasteiger partial charge in [-0.1, -0.05) is 50.3 Å².